The Morgan fingerprint density at radius 3 is 2.64 bits per heavy atom. The van der Waals surface area contributed by atoms with Crippen molar-refractivity contribution in [3.63, 3.8) is 0 Å². The van der Waals surface area contributed by atoms with Crippen LogP contribution in [-0.4, -0.2) is 37.5 Å². The molecule has 33 heavy (non-hydrogen) atoms. The maximum Gasteiger partial charge on any atom is 0.343 e. The first kappa shape index (κ1) is 23.3. The van der Waals surface area contributed by atoms with E-state index in [1.165, 1.54) is 6.07 Å². The number of pyridine rings is 1. The summed E-state index contributed by atoms with van der Waals surface area (Å²) in [4.78, 5) is 25.9. The Morgan fingerprint density at radius 2 is 2.00 bits per heavy atom. The minimum atomic E-state index is -0.654. The second kappa shape index (κ2) is 9.55. The molecule has 2 heterocycles. The number of rotatable bonds is 9. The van der Waals surface area contributed by atoms with E-state index >= 15 is 4.39 Å². The number of esters is 1. The molecule has 1 atom stereocenters. The normalized spacial score (nSPS) is 16.7. The van der Waals surface area contributed by atoms with Crippen molar-refractivity contribution in [1.82, 2.24) is 4.57 Å². The summed E-state index contributed by atoms with van der Waals surface area (Å²) in [5.74, 6) is -0.596. The number of nitrogens with zero attached hydrogens (tertiary/aromatic N) is 1. The molecule has 7 nitrogen and oxygen atoms in total. The molecule has 0 radical (unpaired) electrons. The molecule has 8 heteroatoms. The van der Waals surface area contributed by atoms with Crippen LogP contribution in [0.1, 0.15) is 68.1 Å². The Kier molecular flexibility index (Phi) is 6.74. The van der Waals surface area contributed by atoms with Gasteiger partial charge >= 0.3 is 5.97 Å². The standard InChI is InChI=1S/C25H30FNO6/c1-5-31-25(29)18-11-17-22(27(24(18)28)15-7-8-15)16-12-19(26)21(32-10-6-9-30-4)13-20(16)33-23(17)14(2)3/h11-15,23H,5-10H2,1-4H3. The molecule has 1 unspecified atom stereocenters. The molecule has 0 amide bonds. The molecular formula is C25H30FNO6. The van der Waals surface area contributed by atoms with Crippen molar-refractivity contribution in [1.29, 1.82) is 0 Å². The van der Waals surface area contributed by atoms with E-state index < -0.39 is 23.4 Å². The average Bonchev–Trinajstić information content (AvgIpc) is 3.61. The number of hydrogen-bond donors (Lipinski definition) is 0. The third-order valence-corrected chi connectivity index (χ3v) is 5.88. The summed E-state index contributed by atoms with van der Waals surface area (Å²) < 4.78 is 38.7. The molecular weight excluding hydrogens is 429 g/mol. The number of benzene rings is 1. The zero-order valence-electron chi connectivity index (χ0n) is 19.5. The smallest absolute Gasteiger partial charge is 0.343 e. The van der Waals surface area contributed by atoms with Gasteiger partial charge in [-0.05, 0) is 37.8 Å². The van der Waals surface area contributed by atoms with Gasteiger partial charge in [-0.1, -0.05) is 13.8 Å². The number of fused-ring (bicyclic) bond motifs is 3. The van der Waals surface area contributed by atoms with Gasteiger partial charge in [0.25, 0.3) is 5.56 Å². The Hall–Kier alpha value is -2.87. The van der Waals surface area contributed by atoms with Crippen LogP contribution in [0.15, 0.2) is 23.0 Å². The minimum Gasteiger partial charge on any atom is -0.490 e. The number of aromatic nitrogens is 1. The first-order valence-corrected chi connectivity index (χ1v) is 11.5. The maximum atomic E-state index is 15.0. The van der Waals surface area contributed by atoms with E-state index in [0.717, 1.165) is 12.8 Å². The second-order valence-corrected chi connectivity index (χ2v) is 8.74. The fourth-order valence-electron chi connectivity index (χ4n) is 4.20. The van der Waals surface area contributed by atoms with E-state index in [1.54, 1.807) is 30.7 Å². The Morgan fingerprint density at radius 1 is 1.24 bits per heavy atom. The van der Waals surface area contributed by atoms with Crippen molar-refractivity contribution in [2.75, 3.05) is 26.9 Å². The number of ether oxygens (including phenoxy) is 4. The summed E-state index contributed by atoms with van der Waals surface area (Å²) in [5.41, 5.74) is 1.37. The van der Waals surface area contributed by atoms with Crippen LogP contribution in [0.4, 0.5) is 4.39 Å². The van der Waals surface area contributed by atoms with Gasteiger partial charge in [0, 0.05) is 43.4 Å². The first-order valence-electron chi connectivity index (χ1n) is 11.5. The molecule has 1 fully saturated rings. The molecule has 0 saturated heterocycles. The molecule has 1 aromatic heterocycles. The van der Waals surface area contributed by atoms with Crippen LogP contribution in [0.25, 0.3) is 11.3 Å². The number of hydrogen-bond acceptors (Lipinski definition) is 6. The lowest BCUT2D eigenvalue weighted by Gasteiger charge is -2.33. The van der Waals surface area contributed by atoms with Crippen molar-refractivity contribution in [2.24, 2.45) is 5.92 Å². The predicted octanol–water partition coefficient (Wildman–Crippen LogP) is 4.67. The summed E-state index contributed by atoms with van der Waals surface area (Å²) in [5, 5.41) is 0. The second-order valence-electron chi connectivity index (χ2n) is 8.74. The van der Waals surface area contributed by atoms with Crippen molar-refractivity contribution in [3.8, 4) is 22.8 Å². The number of halogens is 1. The molecule has 1 aliphatic carbocycles. The third kappa shape index (κ3) is 4.49. The van der Waals surface area contributed by atoms with E-state index in [0.29, 0.717) is 42.2 Å². The van der Waals surface area contributed by atoms with Crippen molar-refractivity contribution >= 4 is 5.97 Å². The fraction of sp³-hybridized carbons (Fsp3) is 0.520. The quantitative estimate of drug-likeness (QED) is 0.401. The highest BCUT2D eigenvalue weighted by molar-refractivity contribution is 5.90. The summed E-state index contributed by atoms with van der Waals surface area (Å²) in [6, 6.07) is 4.44. The zero-order chi connectivity index (χ0) is 23.7. The molecule has 4 rings (SSSR count). The highest BCUT2D eigenvalue weighted by Gasteiger charge is 2.38. The van der Waals surface area contributed by atoms with E-state index in [9.17, 15) is 9.59 Å². The van der Waals surface area contributed by atoms with E-state index in [2.05, 4.69) is 0 Å². The summed E-state index contributed by atoms with van der Waals surface area (Å²) in [6.07, 6.45) is 1.86. The summed E-state index contributed by atoms with van der Waals surface area (Å²) in [6.45, 7) is 6.70. The van der Waals surface area contributed by atoms with Gasteiger partial charge in [-0.2, -0.15) is 0 Å². The van der Waals surface area contributed by atoms with Crippen LogP contribution >= 0.6 is 0 Å². The molecule has 178 valence electrons. The van der Waals surface area contributed by atoms with Gasteiger partial charge < -0.3 is 23.5 Å². The van der Waals surface area contributed by atoms with Gasteiger partial charge in [0.05, 0.1) is 18.9 Å². The summed E-state index contributed by atoms with van der Waals surface area (Å²) >= 11 is 0. The van der Waals surface area contributed by atoms with Crippen LogP contribution in [0.2, 0.25) is 0 Å². The van der Waals surface area contributed by atoms with Gasteiger partial charge in [-0.25, -0.2) is 9.18 Å². The van der Waals surface area contributed by atoms with Gasteiger partial charge in [0.1, 0.15) is 17.4 Å². The fourth-order valence-corrected chi connectivity index (χ4v) is 4.20. The van der Waals surface area contributed by atoms with Gasteiger partial charge in [0.15, 0.2) is 11.6 Å². The molecule has 1 aliphatic heterocycles. The Balaban J connectivity index is 1.87. The highest BCUT2D eigenvalue weighted by Crippen LogP contribution is 2.49. The molecule has 0 N–H and O–H groups in total. The highest BCUT2D eigenvalue weighted by atomic mass is 19.1. The molecule has 2 aliphatic rings. The van der Waals surface area contributed by atoms with Crippen LogP contribution < -0.4 is 15.0 Å². The lowest BCUT2D eigenvalue weighted by Crippen LogP contribution is -2.32. The summed E-state index contributed by atoms with van der Waals surface area (Å²) in [7, 11) is 1.60. The van der Waals surface area contributed by atoms with Gasteiger partial charge in [-0.3, -0.25) is 4.79 Å². The van der Waals surface area contributed by atoms with Gasteiger partial charge in [-0.15, -0.1) is 0 Å². The van der Waals surface area contributed by atoms with Crippen LogP contribution in [0, 0.1) is 11.7 Å². The topological polar surface area (TPSA) is 76.0 Å². The lowest BCUT2D eigenvalue weighted by molar-refractivity contribution is 0.0522. The largest absolute Gasteiger partial charge is 0.490 e. The van der Waals surface area contributed by atoms with Crippen LogP contribution in [0.5, 0.6) is 11.5 Å². The molecule has 1 aromatic carbocycles. The van der Waals surface area contributed by atoms with Crippen LogP contribution in [0.3, 0.4) is 0 Å². The number of carbonyl (C=O) groups excluding carboxylic acids is 1. The molecule has 0 spiro atoms. The number of methoxy groups -OCH3 is 1. The van der Waals surface area contributed by atoms with Crippen molar-refractivity contribution in [3.05, 3.63) is 45.5 Å². The van der Waals surface area contributed by atoms with E-state index in [1.807, 2.05) is 13.8 Å². The zero-order valence-corrected chi connectivity index (χ0v) is 19.5. The first-order chi connectivity index (χ1) is 15.9. The van der Waals surface area contributed by atoms with Gasteiger partial charge in [0.2, 0.25) is 0 Å². The predicted molar refractivity (Wildman–Crippen MR) is 121 cm³/mol. The Bertz CT molecular complexity index is 1110. The number of carbonyl (C=O) groups is 1. The monoisotopic (exact) mass is 459 g/mol. The van der Waals surface area contributed by atoms with E-state index in [4.69, 9.17) is 18.9 Å². The lowest BCUT2D eigenvalue weighted by atomic mass is 9.90. The third-order valence-electron chi connectivity index (χ3n) is 5.88. The molecule has 0 bridgehead atoms. The van der Waals surface area contributed by atoms with Crippen LogP contribution in [-0.2, 0) is 9.47 Å². The molecule has 2 aromatic rings. The average molecular weight is 460 g/mol. The Labute approximate surface area is 192 Å². The van der Waals surface area contributed by atoms with E-state index in [-0.39, 0.29) is 29.9 Å². The SMILES string of the molecule is CCOC(=O)c1cc2c(n(C3CC3)c1=O)-c1cc(F)c(OCCCOC)cc1OC2C(C)C. The van der Waals surface area contributed by atoms with Crippen molar-refractivity contribution in [2.45, 2.75) is 52.2 Å². The molecule has 1 saturated carbocycles. The minimum absolute atomic E-state index is 0.0150. The maximum absolute atomic E-state index is 15.0. The van der Waals surface area contributed by atoms with Crippen molar-refractivity contribution < 1.29 is 28.1 Å².